The third kappa shape index (κ3) is 6.16. The minimum Gasteiger partial charge on any atom is -0.357 e. The van der Waals surface area contributed by atoms with E-state index >= 15 is 0 Å². The molecule has 2 N–H and O–H groups in total. The third-order valence-electron chi connectivity index (χ3n) is 3.25. The lowest BCUT2D eigenvalue weighted by Gasteiger charge is -2.11. The summed E-state index contributed by atoms with van der Waals surface area (Å²) >= 11 is 0. The van der Waals surface area contributed by atoms with Crippen LogP contribution >= 0.6 is 24.0 Å². The summed E-state index contributed by atoms with van der Waals surface area (Å²) in [4.78, 5) is 4.47. The standard InChI is InChI=1S/C18H19FN4.HI/c1-2-21-18(23-13-16-5-3-4-6-17(16)19)22-12-15-9-7-14(11-20)8-10-15;/h3-10H,2,12-13H2,1H3,(H2,21,22,23);1H. The number of nitriles is 1. The Hall–Kier alpha value is -2.14. The van der Waals surface area contributed by atoms with E-state index in [0.717, 1.165) is 12.1 Å². The van der Waals surface area contributed by atoms with Crippen molar-refractivity contribution in [1.82, 2.24) is 10.6 Å². The minimum atomic E-state index is -0.233. The molecule has 4 nitrogen and oxygen atoms in total. The summed E-state index contributed by atoms with van der Waals surface area (Å²) in [6.45, 7) is 3.54. The number of halogens is 2. The Balaban J connectivity index is 0.00000288. The van der Waals surface area contributed by atoms with Gasteiger partial charge < -0.3 is 10.6 Å². The van der Waals surface area contributed by atoms with Crippen LogP contribution in [0.1, 0.15) is 23.6 Å². The highest BCUT2D eigenvalue weighted by Gasteiger charge is 2.02. The van der Waals surface area contributed by atoms with Crippen molar-refractivity contribution in [2.24, 2.45) is 4.99 Å². The lowest BCUT2D eigenvalue weighted by Crippen LogP contribution is -2.37. The van der Waals surface area contributed by atoms with Crippen molar-refractivity contribution in [3.63, 3.8) is 0 Å². The molecule has 0 radical (unpaired) electrons. The highest BCUT2D eigenvalue weighted by molar-refractivity contribution is 14.0. The molecule has 0 aliphatic heterocycles. The monoisotopic (exact) mass is 438 g/mol. The number of hydrogen-bond acceptors (Lipinski definition) is 2. The molecule has 126 valence electrons. The summed E-state index contributed by atoms with van der Waals surface area (Å²) in [7, 11) is 0. The van der Waals surface area contributed by atoms with Gasteiger partial charge in [0, 0.05) is 18.7 Å². The molecule has 0 aromatic heterocycles. The summed E-state index contributed by atoms with van der Waals surface area (Å²) in [6, 6.07) is 16.0. The predicted molar refractivity (Wildman–Crippen MR) is 105 cm³/mol. The van der Waals surface area contributed by atoms with E-state index in [4.69, 9.17) is 5.26 Å². The van der Waals surface area contributed by atoms with Crippen LogP contribution < -0.4 is 10.6 Å². The Labute approximate surface area is 158 Å². The number of nitrogens with zero attached hydrogens (tertiary/aromatic N) is 2. The Kier molecular flexibility index (Phi) is 8.79. The molecule has 2 aromatic rings. The first-order valence-corrected chi connectivity index (χ1v) is 7.47. The van der Waals surface area contributed by atoms with Gasteiger partial charge in [-0.3, -0.25) is 0 Å². The van der Waals surface area contributed by atoms with Gasteiger partial charge in [-0.1, -0.05) is 30.3 Å². The van der Waals surface area contributed by atoms with Crippen molar-refractivity contribution in [3.05, 3.63) is 71.0 Å². The maximum Gasteiger partial charge on any atom is 0.191 e. The molecule has 0 bridgehead atoms. The second-order valence-corrected chi connectivity index (χ2v) is 4.95. The normalized spacial score (nSPS) is 10.5. The summed E-state index contributed by atoms with van der Waals surface area (Å²) < 4.78 is 13.6. The quantitative estimate of drug-likeness (QED) is 0.427. The van der Waals surface area contributed by atoms with Crippen LogP contribution in [0.4, 0.5) is 4.39 Å². The predicted octanol–water partition coefficient (Wildman–Crippen LogP) is 3.57. The molecule has 0 atom stereocenters. The van der Waals surface area contributed by atoms with Crippen molar-refractivity contribution in [3.8, 4) is 6.07 Å². The number of rotatable bonds is 5. The SMILES string of the molecule is CCNC(=NCc1ccc(C#N)cc1)NCc1ccccc1F.I. The second kappa shape index (κ2) is 10.6. The lowest BCUT2D eigenvalue weighted by atomic mass is 10.1. The van der Waals surface area contributed by atoms with E-state index in [9.17, 15) is 4.39 Å². The van der Waals surface area contributed by atoms with Gasteiger partial charge in [-0.2, -0.15) is 5.26 Å². The van der Waals surface area contributed by atoms with E-state index in [1.165, 1.54) is 6.07 Å². The fourth-order valence-corrected chi connectivity index (χ4v) is 2.02. The first-order valence-electron chi connectivity index (χ1n) is 7.47. The molecule has 0 aliphatic carbocycles. The highest BCUT2D eigenvalue weighted by Crippen LogP contribution is 2.06. The van der Waals surface area contributed by atoms with E-state index in [1.54, 1.807) is 30.3 Å². The second-order valence-electron chi connectivity index (χ2n) is 4.95. The molecule has 2 rings (SSSR count). The fraction of sp³-hybridized carbons (Fsp3) is 0.222. The van der Waals surface area contributed by atoms with Crippen LogP contribution in [0.3, 0.4) is 0 Å². The average Bonchev–Trinajstić information content (AvgIpc) is 2.59. The number of aliphatic imine (C=N–C) groups is 1. The van der Waals surface area contributed by atoms with Gasteiger partial charge in [-0.05, 0) is 30.7 Å². The Morgan fingerprint density at radius 2 is 1.83 bits per heavy atom. The van der Waals surface area contributed by atoms with Crippen molar-refractivity contribution < 1.29 is 4.39 Å². The van der Waals surface area contributed by atoms with Gasteiger partial charge >= 0.3 is 0 Å². The molecule has 24 heavy (non-hydrogen) atoms. The van der Waals surface area contributed by atoms with Gasteiger partial charge in [0.1, 0.15) is 5.82 Å². The highest BCUT2D eigenvalue weighted by atomic mass is 127. The van der Waals surface area contributed by atoms with Crippen LogP contribution in [0.25, 0.3) is 0 Å². The molecule has 0 amide bonds. The van der Waals surface area contributed by atoms with Crippen LogP contribution in [-0.4, -0.2) is 12.5 Å². The number of nitrogens with one attached hydrogen (secondary N) is 2. The minimum absolute atomic E-state index is 0. The van der Waals surface area contributed by atoms with Gasteiger partial charge in [0.05, 0.1) is 18.2 Å². The van der Waals surface area contributed by atoms with E-state index in [2.05, 4.69) is 21.7 Å². The van der Waals surface area contributed by atoms with Crippen molar-refractivity contribution in [2.45, 2.75) is 20.0 Å². The van der Waals surface area contributed by atoms with E-state index in [0.29, 0.717) is 30.2 Å². The lowest BCUT2D eigenvalue weighted by molar-refractivity contribution is 0.604. The van der Waals surface area contributed by atoms with E-state index in [-0.39, 0.29) is 29.8 Å². The zero-order chi connectivity index (χ0) is 16.5. The molecule has 0 spiro atoms. The summed E-state index contributed by atoms with van der Waals surface area (Å²) in [5.74, 6) is 0.392. The first-order chi connectivity index (χ1) is 11.2. The maximum atomic E-state index is 13.6. The Bertz CT molecular complexity index is 708. The molecule has 0 aliphatic rings. The third-order valence-corrected chi connectivity index (χ3v) is 3.25. The van der Waals surface area contributed by atoms with Crippen molar-refractivity contribution in [1.29, 1.82) is 5.26 Å². The maximum absolute atomic E-state index is 13.6. The van der Waals surface area contributed by atoms with Crippen molar-refractivity contribution in [2.75, 3.05) is 6.54 Å². The molecule has 6 heteroatoms. The van der Waals surface area contributed by atoms with Crippen LogP contribution in [0, 0.1) is 17.1 Å². The first kappa shape index (κ1) is 19.9. The van der Waals surface area contributed by atoms with Gasteiger partial charge in [-0.15, -0.1) is 24.0 Å². The molecule has 0 fully saturated rings. The van der Waals surface area contributed by atoms with Crippen LogP contribution in [0.5, 0.6) is 0 Å². The summed E-state index contributed by atoms with van der Waals surface area (Å²) in [5.41, 5.74) is 2.23. The molecule has 0 saturated heterocycles. The zero-order valence-electron chi connectivity index (χ0n) is 13.4. The van der Waals surface area contributed by atoms with E-state index < -0.39 is 0 Å². The van der Waals surface area contributed by atoms with Crippen LogP contribution in [0.2, 0.25) is 0 Å². The van der Waals surface area contributed by atoms with Gasteiger partial charge in [0.15, 0.2) is 5.96 Å². The van der Waals surface area contributed by atoms with Gasteiger partial charge in [0.25, 0.3) is 0 Å². The smallest absolute Gasteiger partial charge is 0.191 e. The number of benzene rings is 2. The molecule has 0 saturated carbocycles. The zero-order valence-corrected chi connectivity index (χ0v) is 15.8. The molecule has 2 aromatic carbocycles. The fourth-order valence-electron chi connectivity index (χ4n) is 2.02. The number of hydrogen-bond donors (Lipinski definition) is 2. The molecular weight excluding hydrogens is 418 g/mol. The number of guanidine groups is 1. The largest absolute Gasteiger partial charge is 0.357 e. The topological polar surface area (TPSA) is 60.2 Å². The van der Waals surface area contributed by atoms with E-state index in [1.807, 2.05) is 19.1 Å². The van der Waals surface area contributed by atoms with Crippen molar-refractivity contribution >= 4 is 29.9 Å². The summed E-state index contributed by atoms with van der Waals surface area (Å²) in [5, 5.41) is 15.0. The van der Waals surface area contributed by atoms with Gasteiger partial charge in [0.2, 0.25) is 0 Å². The molecular formula is C18H20FIN4. The Morgan fingerprint density at radius 1 is 1.12 bits per heavy atom. The molecule has 0 unspecified atom stereocenters. The summed E-state index contributed by atoms with van der Waals surface area (Å²) in [6.07, 6.45) is 0. The Morgan fingerprint density at radius 3 is 2.46 bits per heavy atom. The van der Waals surface area contributed by atoms with Crippen LogP contribution in [-0.2, 0) is 13.1 Å². The van der Waals surface area contributed by atoms with Gasteiger partial charge in [-0.25, -0.2) is 9.38 Å². The average molecular weight is 438 g/mol. The van der Waals surface area contributed by atoms with Crippen LogP contribution in [0.15, 0.2) is 53.5 Å². The molecule has 0 heterocycles.